The highest BCUT2D eigenvalue weighted by atomic mass is 79.9. The van der Waals surface area contributed by atoms with Crippen molar-refractivity contribution in [2.75, 3.05) is 24.3 Å². The molecule has 0 N–H and O–H groups in total. The molecule has 0 unspecified atom stereocenters. The molecule has 106 valence electrons. The summed E-state index contributed by atoms with van der Waals surface area (Å²) >= 11 is 3.49. The van der Waals surface area contributed by atoms with Gasteiger partial charge in [-0.05, 0) is 42.9 Å². The van der Waals surface area contributed by atoms with Crippen LogP contribution in [0.3, 0.4) is 0 Å². The van der Waals surface area contributed by atoms with Crippen LogP contribution in [0.1, 0.15) is 18.4 Å². The zero-order chi connectivity index (χ0) is 13.9. The molecule has 1 aromatic carbocycles. The van der Waals surface area contributed by atoms with Crippen molar-refractivity contribution in [1.82, 2.24) is 0 Å². The van der Waals surface area contributed by atoms with Crippen molar-refractivity contribution in [2.24, 2.45) is 5.41 Å². The molecule has 5 heteroatoms. The molecule has 2 rings (SSSR count). The average molecular weight is 347 g/mol. The fraction of sp³-hybridized carbons (Fsp3) is 0.571. The number of benzene rings is 1. The molecule has 1 aromatic rings. The molecule has 0 radical (unpaired) electrons. The van der Waals surface area contributed by atoms with Gasteiger partial charge in [0.25, 0.3) is 0 Å². The maximum atomic E-state index is 12.6. The molecule has 1 fully saturated rings. The van der Waals surface area contributed by atoms with Gasteiger partial charge < -0.3 is 4.74 Å². The van der Waals surface area contributed by atoms with E-state index in [1.165, 1.54) is 0 Å². The van der Waals surface area contributed by atoms with E-state index in [4.69, 9.17) is 4.74 Å². The van der Waals surface area contributed by atoms with Crippen LogP contribution in [0.5, 0.6) is 0 Å². The molecule has 1 heterocycles. The summed E-state index contributed by atoms with van der Waals surface area (Å²) in [5.41, 5.74) is 0.779. The van der Waals surface area contributed by atoms with Gasteiger partial charge in [-0.1, -0.05) is 28.1 Å². The third-order valence-electron chi connectivity index (χ3n) is 3.68. The van der Waals surface area contributed by atoms with Gasteiger partial charge in [0.05, 0.1) is 10.6 Å². The fourth-order valence-electron chi connectivity index (χ4n) is 2.42. The highest BCUT2D eigenvalue weighted by Gasteiger charge is 2.36. The van der Waals surface area contributed by atoms with Crippen LogP contribution in [0.2, 0.25) is 0 Å². The van der Waals surface area contributed by atoms with Crippen molar-refractivity contribution >= 4 is 25.8 Å². The Bertz CT molecular complexity index is 533. The summed E-state index contributed by atoms with van der Waals surface area (Å²) < 4.78 is 30.5. The Hall–Kier alpha value is -0.390. The second-order valence-corrected chi connectivity index (χ2v) is 7.87. The molecule has 0 bridgehead atoms. The van der Waals surface area contributed by atoms with Gasteiger partial charge in [-0.2, -0.15) is 0 Å². The SMILES string of the molecule is Cc1cccc(S(=O)(=O)CC2(CBr)CCOCC2)c1. The van der Waals surface area contributed by atoms with Crippen molar-refractivity contribution in [3.05, 3.63) is 29.8 Å². The quantitative estimate of drug-likeness (QED) is 0.787. The zero-order valence-corrected chi connectivity index (χ0v) is 13.5. The van der Waals surface area contributed by atoms with Crippen LogP contribution in [-0.4, -0.2) is 32.7 Å². The second kappa shape index (κ2) is 5.94. The molecule has 1 saturated heterocycles. The van der Waals surface area contributed by atoms with E-state index in [0.717, 1.165) is 18.4 Å². The first-order valence-electron chi connectivity index (χ1n) is 6.41. The summed E-state index contributed by atoms with van der Waals surface area (Å²) in [4.78, 5) is 0.430. The van der Waals surface area contributed by atoms with Crippen molar-refractivity contribution in [3.8, 4) is 0 Å². The molecule has 3 nitrogen and oxygen atoms in total. The Morgan fingerprint density at radius 3 is 2.58 bits per heavy atom. The van der Waals surface area contributed by atoms with Crippen molar-refractivity contribution < 1.29 is 13.2 Å². The van der Waals surface area contributed by atoms with Crippen LogP contribution in [0.15, 0.2) is 29.2 Å². The zero-order valence-electron chi connectivity index (χ0n) is 11.1. The van der Waals surface area contributed by atoms with E-state index in [0.29, 0.717) is 23.4 Å². The first-order chi connectivity index (χ1) is 8.97. The van der Waals surface area contributed by atoms with Crippen LogP contribution in [0, 0.1) is 12.3 Å². The Labute approximate surface area is 123 Å². The van der Waals surface area contributed by atoms with Gasteiger partial charge in [0.2, 0.25) is 0 Å². The van der Waals surface area contributed by atoms with E-state index in [1.807, 2.05) is 13.0 Å². The van der Waals surface area contributed by atoms with E-state index in [9.17, 15) is 8.42 Å². The number of ether oxygens (including phenoxy) is 1. The largest absolute Gasteiger partial charge is 0.381 e. The van der Waals surface area contributed by atoms with Crippen LogP contribution in [0.4, 0.5) is 0 Å². The summed E-state index contributed by atoms with van der Waals surface area (Å²) in [6.45, 7) is 3.21. The molecule has 0 saturated carbocycles. The molecular formula is C14H19BrO3S. The highest BCUT2D eigenvalue weighted by Crippen LogP contribution is 2.35. The molecule has 0 spiro atoms. The lowest BCUT2D eigenvalue weighted by atomic mass is 9.85. The number of sulfone groups is 1. The van der Waals surface area contributed by atoms with Gasteiger partial charge in [-0.25, -0.2) is 8.42 Å². The predicted molar refractivity (Wildman–Crippen MR) is 79.5 cm³/mol. The summed E-state index contributed by atoms with van der Waals surface area (Å²) in [7, 11) is -3.24. The summed E-state index contributed by atoms with van der Waals surface area (Å²) in [6, 6.07) is 7.14. The highest BCUT2D eigenvalue weighted by molar-refractivity contribution is 9.09. The molecule has 1 aliphatic heterocycles. The molecule has 0 atom stereocenters. The van der Waals surface area contributed by atoms with E-state index in [1.54, 1.807) is 18.2 Å². The minimum atomic E-state index is -3.24. The molecule has 0 aromatic heterocycles. The maximum absolute atomic E-state index is 12.6. The van der Waals surface area contributed by atoms with Gasteiger partial charge in [0, 0.05) is 18.5 Å². The Morgan fingerprint density at radius 1 is 1.32 bits per heavy atom. The summed E-state index contributed by atoms with van der Waals surface area (Å²) in [6.07, 6.45) is 1.59. The first kappa shape index (κ1) is 15.0. The van der Waals surface area contributed by atoms with Crippen LogP contribution in [0.25, 0.3) is 0 Å². The second-order valence-electron chi connectivity index (χ2n) is 5.32. The predicted octanol–water partition coefficient (Wildman–Crippen LogP) is 2.96. The minimum absolute atomic E-state index is 0.193. The smallest absolute Gasteiger partial charge is 0.178 e. The van der Waals surface area contributed by atoms with Gasteiger partial charge in [-0.3, -0.25) is 0 Å². The average Bonchev–Trinajstić information content (AvgIpc) is 2.39. The van der Waals surface area contributed by atoms with Gasteiger partial charge in [0.15, 0.2) is 9.84 Å². The van der Waals surface area contributed by atoms with Crippen LogP contribution < -0.4 is 0 Å². The summed E-state index contributed by atoms with van der Waals surface area (Å²) in [5, 5.41) is 0.703. The van der Waals surface area contributed by atoms with Crippen LogP contribution in [-0.2, 0) is 14.6 Å². The van der Waals surface area contributed by atoms with E-state index in [2.05, 4.69) is 15.9 Å². The van der Waals surface area contributed by atoms with E-state index >= 15 is 0 Å². The Kier molecular flexibility index (Phi) is 4.69. The third kappa shape index (κ3) is 3.58. The normalized spacial score (nSPS) is 19.3. The van der Waals surface area contributed by atoms with Gasteiger partial charge in [-0.15, -0.1) is 0 Å². The van der Waals surface area contributed by atoms with E-state index in [-0.39, 0.29) is 11.2 Å². The van der Waals surface area contributed by atoms with E-state index < -0.39 is 9.84 Å². The number of aryl methyl sites for hydroxylation is 1. The summed E-state index contributed by atoms with van der Waals surface area (Å²) in [5.74, 6) is 0.193. The molecule has 0 amide bonds. The van der Waals surface area contributed by atoms with Gasteiger partial charge >= 0.3 is 0 Å². The maximum Gasteiger partial charge on any atom is 0.178 e. The van der Waals surface area contributed by atoms with Crippen molar-refractivity contribution in [1.29, 1.82) is 0 Å². The standard InChI is InChI=1S/C14H19BrO3S/c1-12-3-2-4-13(9-12)19(16,17)11-14(10-15)5-7-18-8-6-14/h2-4,9H,5-8,10-11H2,1H3. The van der Waals surface area contributed by atoms with Crippen LogP contribution >= 0.6 is 15.9 Å². The van der Waals surface area contributed by atoms with Gasteiger partial charge in [0.1, 0.15) is 0 Å². The van der Waals surface area contributed by atoms with Crippen molar-refractivity contribution in [2.45, 2.75) is 24.7 Å². The number of hydrogen-bond donors (Lipinski definition) is 0. The fourth-order valence-corrected chi connectivity index (χ4v) is 5.45. The molecular weight excluding hydrogens is 328 g/mol. The first-order valence-corrected chi connectivity index (χ1v) is 9.18. The number of hydrogen-bond acceptors (Lipinski definition) is 3. The lowest BCUT2D eigenvalue weighted by molar-refractivity contribution is 0.0367. The lowest BCUT2D eigenvalue weighted by Gasteiger charge is -2.35. The molecule has 1 aliphatic rings. The monoisotopic (exact) mass is 346 g/mol. The topological polar surface area (TPSA) is 43.4 Å². The molecule has 19 heavy (non-hydrogen) atoms. The lowest BCUT2D eigenvalue weighted by Crippen LogP contribution is -2.37. The molecule has 0 aliphatic carbocycles. The number of halogens is 1. The van der Waals surface area contributed by atoms with Crippen molar-refractivity contribution in [3.63, 3.8) is 0 Å². The number of alkyl halides is 1. The Morgan fingerprint density at radius 2 is 2.00 bits per heavy atom. The number of rotatable bonds is 4. The minimum Gasteiger partial charge on any atom is -0.381 e. The Balaban J connectivity index is 2.25. The third-order valence-corrected chi connectivity index (χ3v) is 6.84.